The van der Waals surface area contributed by atoms with E-state index in [0.717, 1.165) is 5.46 Å². The zero-order valence-electron chi connectivity index (χ0n) is 11.0. The van der Waals surface area contributed by atoms with Crippen LogP contribution in [-0.2, 0) is 9.31 Å². The maximum Gasteiger partial charge on any atom is 0.494 e. The van der Waals surface area contributed by atoms with E-state index in [0.29, 0.717) is 5.56 Å². The molecule has 0 bridgehead atoms. The van der Waals surface area contributed by atoms with Crippen LogP contribution in [0, 0.1) is 0 Å². The van der Waals surface area contributed by atoms with Gasteiger partial charge in [-0.15, -0.1) is 0 Å². The molecule has 0 atom stereocenters. The number of hydrogen-bond acceptors (Lipinski definition) is 3. The molecule has 1 heterocycles. The van der Waals surface area contributed by atoms with Crippen LogP contribution in [0.5, 0.6) is 0 Å². The van der Waals surface area contributed by atoms with Crippen molar-refractivity contribution in [1.29, 1.82) is 0 Å². The summed E-state index contributed by atoms with van der Waals surface area (Å²) in [4.78, 5) is 11.2. The van der Waals surface area contributed by atoms with Gasteiger partial charge < -0.3 is 9.31 Å². The first-order chi connectivity index (χ1) is 8.23. The van der Waals surface area contributed by atoms with Crippen molar-refractivity contribution in [3.05, 3.63) is 29.8 Å². The molecule has 2 rings (SSSR count). The highest BCUT2D eigenvalue weighted by Crippen LogP contribution is 2.36. The lowest BCUT2D eigenvalue weighted by Gasteiger charge is -2.32. The van der Waals surface area contributed by atoms with E-state index in [1.165, 1.54) is 0 Å². The van der Waals surface area contributed by atoms with Gasteiger partial charge in [-0.3, -0.25) is 4.79 Å². The number of benzene rings is 1. The van der Waals surface area contributed by atoms with E-state index in [9.17, 15) is 4.79 Å². The molecule has 1 aliphatic rings. The largest absolute Gasteiger partial charge is 0.494 e. The molecule has 0 spiro atoms. The van der Waals surface area contributed by atoms with Crippen LogP contribution < -0.4 is 5.46 Å². The third-order valence-electron chi connectivity index (χ3n) is 3.64. The van der Waals surface area contributed by atoms with Crippen LogP contribution in [-0.4, -0.2) is 23.6 Å². The second-order valence-corrected chi connectivity index (χ2v) is 5.83. The van der Waals surface area contributed by atoms with E-state index in [2.05, 4.69) is 0 Å². The second-order valence-electron chi connectivity index (χ2n) is 5.49. The smallest absolute Gasteiger partial charge is 0.399 e. The van der Waals surface area contributed by atoms with Gasteiger partial charge in [0.25, 0.3) is 5.24 Å². The molecule has 0 N–H and O–H groups in total. The van der Waals surface area contributed by atoms with Crippen molar-refractivity contribution in [2.24, 2.45) is 0 Å². The van der Waals surface area contributed by atoms with Gasteiger partial charge in [-0.25, -0.2) is 0 Å². The van der Waals surface area contributed by atoms with Gasteiger partial charge >= 0.3 is 7.12 Å². The molecule has 0 unspecified atom stereocenters. The van der Waals surface area contributed by atoms with E-state index in [4.69, 9.17) is 20.9 Å². The Morgan fingerprint density at radius 1 is 1.17 bits per heavy atom. The van der Waals surface area contributed by atoms with Gasteiger partial charge in [0.05, 0.1) is 11.2 Å². The quantitative estimate of drug-likeness (QED) is 0.609. The number of carbonyl (C=O) groups is 1. The summed E-state index contributed by atoms with van der Waals surface area (Å²) < 4.78 is 11.8. The summed E-state index contributed by atoms with van der Waals surface area (Å²) in [6.45, 7) is 7.96. The lowest BCUT2D eigenvalue weighted by atomic mass is 9.78. The Morgan fingerprint density at radius 3 is 2.22 bits per heavy atom. The average molecular weight is 267 g/mol. The van der Waals surface area contributed by atoms with Gasteiger partial charge in [0.1, 0.15) is 0 Å². The minimum absolute atomic E-state index is 0.390. The van der Waals surface area contributed by atoms with E-state index in [1.807, 2.05) is 33.8 Å². The number of halogens is 1. The minimum Gasteiger partial charge on any atom is -0.399 e. The van der Waals surface area contributed by atoms with Gasteiger partial charge in [0.15, 0.2) is 0 Å². The maximum atomic E-state index is 11.2. The summed E-state index contributed by atoms with van der Waals surface area (Å²) in [5.41, 5.74) is 0.473. The summed E-state index contributed by atoms with van der Waals surface area (Å²) in [6.07, 6.45) is 0. The lowest BCUT2D eigenvalue weighted by molar-refractivity contribution is 0.00578. The molecule has 0 saturated carbocycles. The Labute approximate surface area is 113 Å². The molecular formula is C13H16BClO3. The fourth-order valence-electron chi connectivity index (χ4n) is 1.79. The van der Waals surface area contributed by atoms with Crippen LogP contribution >= 0.6 is 11.6 Å². The predicted molar refractivity (Wildman–Crippen MR) is 72.3 cm³/mol. The predicted octanol–water partition coefficient (Wildman–Crippen LogP) is 2.36. The van der Waals surface area contributed by atoms with Gasteiger partial charge in [0.2, 0.25) is 0 Å². The first kappa shape index (κ1) is 13.6. The van der Waals surface area contributed by atoms with Crippen molar-refractivity contribution >= 4 is 29.4 Å². The highest BCUT2D eigenvalue weighted by atomic mass is 35.5. The minimum atomic E-state index is -0.478. The molecule has 1 aliphatic heterocycles. The molecule has 3 nitrogen and oxygen atoms in total. The Hall–Kier alpha value is -0.835. The molecule has 5 heteroatoms. The zero-order valence-corrected chi connectivity index (χ0v) is 11.7. The summed E-state index contributed by atoms with van der Waals surface area (Å²) in [7, 11) is -0.467. The summed E-state index contributed by atoms with van der Waals surface area (Å²) >= 11 is 5.47. The van der Waals surface area contributed by atoms with Crippen molar-refractivity contribution in [1.82, 2.24) is 0 Å². The van der Waals surface area contributed by atoms with Crippen LogP contribution in [0.2, 0.25) is 0 Å². The van der Waals surface area contributed by atoms with E-state index in [-0.39, 0.29) is 0 Å². The highest BCUT2D eigenvalue weighted by molar-refractivity contribution is 6.68. The van der Waals surface area contributed by atoms with Gasteiger partial charge in [-0.2, -0.15) is 0 Å². The lowest BCUT2D eigenvalue weighted by Crippen LogP contribution is -2.41. The zero-order chi connectivity index (χ0) is 13.6. The van der Waals surface area contributed by atoms with Crippen molar-refractivity contribution in [3.63, 3.8) is 0 Å². The Balaban J connectivity index is 2.30. The average Bonchev–Trinajstić information content (AvgIpc) is 2.48. The van der Waals surface area contributed by atoms with E-state index < -0.39 is 23.6 Å². The van der Waals surface area contributed by atoms with E-state index in [1.54, 1.807) is 18.2 Å². The molecule has 0 radical (unpaired) electrons. The van der Waals surface area contributed by atoms with E-state index >= 15 is 0 Å². The topological polar surface area (TPSA) is 35.5 Å². The molecule has 0 aromatic heterocycles. The standard InChI is InChI=1S/C13H16BClO3/c1-12(2)13(3,4)18-14(17-12)10-7-5-6-9(8-10)11(15)16/h5-8H,1-4H3. The molecule has 18 heavy (non-hydrogen) atoms. The fraction of sp³-hybridized carbons (Fsp3) is 0.462. The molecule has 1 aromatic rings. The van der Waals surface area contributed by atoms with Gasteiger partial charge in [0, 0.05) is 5.56 Å². The SMILES string of the molecule is CC1(C)OB(c2cccc(C(=O)Cl)c2)OC1(C)C. The third-order valence-corrected chi connectivity index (χ3v) is 3.86. The van der Waals surface area contributed by atoms with Crippen LogP contribution in [0.15, 0.2) is 24.3 Å². The van der Waals surface area contributed by atoms with Gasteiger partial charge in [-0.05, 0) is 44.8 Å². The first-order valence-electron chi connectivity index (χ1n) is 5.88. The molecule has 1 fully saturated rings. The van der Waals surface area contributed by atoms with Crippen LogP contribution in [0.4, 0.5) is 0 Å². The Morgan fingerprint density at radius 2 is 1.72 bits per heavy atom. The molecular weight excluding hydrogens is 250 g/mol. The third kappa shape index (κ3) is 2.33. The monoisotopic (exact) mass is 266 g/mol. The second kappa shape index (κ2) is 4.37. The summed E-state index contributed by atoms with van der Waals surface area (Å²) in [5, 5.41) is -0.478. The molecule has 1 saturated heterocycles. The molecule has 0 amide bonds. The molecule has 96 valence electrons. The molecule has 0 aliphatic carbocycles. The summed E-state index contributed by atoms with van der Waals surface area (Å²) in [6, 6.07) is 7.02. The van der Waals surface area contributed by atoms with Crippen LogP contribution in [0.3, 0.4) is 0 Å². The van der Waals surface area contributed by atoms with Gasteiger partial charge in [-0.1, -0.05) is 24.3 Å². The number of rotatable bonds is 2. The number of carbonyl (C=O) groups excluding carboxylic acids is 1. The maximum absolute atomic E-state index is 11.2. The molecule has 1 aromatic carbocycles. The van der Waals surface area contributed by atoms with Crippen molar-refractivity contribution in [2.75, 3.05) is 0 Å². The number of hydrogen-bond donors (Lipinski definition) is 0. The highest BCUT2D eigenvalue weighted by Gasteiger charge is 2.51. The van der Waals surface area contributed by atoms with Crippen molar-refractivity contribution in [3.8, 4) is 0 Å². The Kier molecular flexibility index (Phi) is 3.30. The fourth-order valence-corrected chi connectivity index (χ4v) is 1.90. The normalized spacial score (nSPS) is 21.1. The summed E-state index contributed by atoms with van der Waals surface area (Å²) in [5.74, 6) is 0. The van der Waals surface area contributed by atoms with Crippen LogP contribution in [0.25, 0.3) is 0 Å². The van der Waals surface area contributed by atoms with Crippen molar-refractivity contribution in [2.45, 2.75) is 38.9 Å². The first-order valence-corrected chi connectivity index (χ1v) is 6.26. The Bertz CT molecular complexity index is 469. The van der Waals surface area contributed by atoms with Crippen molar-refractivity contribution < 1.29 is 14.1 Å². The van der Waals surface area contributed by atoms with Crippen LogP contribution in [0.1, 0.15) is 38.1 Å².